The first-order valence-corrected chi connectivity index (χ1v) is 18.7. The molecule has 0 aliphatic carbocycles. The number of carbonyl (C=O) groups is 7. The number of ether oxygens (including phenoxy) is 3. The summed E-state index contributed by atoms with van der Waals surface area (Å²) in [5.41, 5.74) is 0. The molecule has 4 amide bonds. The van der Waals surface area contributed by atoms with Crippen LogP contribution in [0.2, 0.25) is 0 Å². The summed E-state index contributed by atoms with van der Waals surface area (Å²) in [7, 11) is -1.67. The molecule has 0 spiro atoms. The van der Waals surface area contributed by atoms with Crippen molar-refractivity contribution in [1.29, 1.82) is 0 Å². The van der Waals surface area contributed by atoms with Crippen LogP contribution in [0, 0.1) is 5.92 Å². The molecule has 4 rings (SSSR count). The molecule has 5 N–H and O–H groups in total. The topological polar surface area (TPSA) is 240 Å². The molecule has 4 saturated heterocycles. The van der Waals surface area contributed by atoms with E-state index in [1.165, 1.54) is 11.8 Å². The number of amides is 4. The van der Waals surface area contributed by atoms with E-state index in [-0.39, 0.29) is 51.0 Å². The number of hydrogen-bond donors (Lipinski definition) is 5. The van der Waals surface area contributed by atoms with Crippen molar-refractivity contribution in [3.05, 3.63) is 0 Å². The van der Waals surface area contributed by atoms with E-state index in [2.05, 4.69) is 16.0 Å². The van der Waals surface area contributed by atoms with E-state index in [0.717, 1.165) is 0 Å². The SMILES string of the molecule is CC(C)[C@H](NC(=O)CCCNC(=O)CN1CCN2CCN3CCN(CC1)CC(=O)OC(OC(=O)C2)OC(=O)C3)C(=O)N[C@H](C)C(=O)N1CCC[C@H]1B(O)O. The molecule has 4 heterocycles. The predicted octanol–water partition coefficient (Wildman–Crippen LogP) is -4.31. The number of nitrogens with one attached hydrogen (secondary N) is 3. The van der Waals surface area contributed by atoms with Crippen LogP contribution in [0.3, 0.4) is 0 Å². The van der Waals surface area contributed by atoms with Gasteiger partial charge in [-0.25, -0.2) is 0 Å². The van der Waals surface area contributed by atoms with Crippen LogP contribution in [0.1, 0.15) is 46.5 Å². The van der Waals surface area contributed by atoms with E-state index in [1.807, 2.05) is 19.6 Å². The third-order valence-electron chi connectivity index (χ3n) is 9.86. The second-order valence-corrected chi connectivity index (χ2v) is 14.5. The third-order valence-corrected chi connectivity index (χ3v) is 9.86. The van der Waals surface area contributed by atoms with Gasteiger partial charge in [-0.3, -0.25) is 53.2 Å². The van der Waals surface area contributed by atoms with Crippen LogP contribution in [0.4, 0.5) is 0 Å². The minimum absolute atomic E-state index is 0.0290. The second-order valence-electron chi connectivity index (χ2n) is 14.5. The Morgan fingerprint density at radius 2 is 1.28 bits per heavy atom. The van der Waals surface area contributed by atoms with Crippen molar-refractivity contribution in [3.8, 4) is 0 Å². The molecule has 4 bridgehead atoms. The molecule has 4 aliphatic heterocycles. The second kappa shape index (κ2) is 20.7. The van der Waals surface area contributed by atoms with Gasteiger partial charge in [0.05, 0.1) is 32.1 Å². The maximum absolute atomic E-state index is 13.1. The van der Waals surface area contributed by atoms with Crippen LogP contribution in [0.5, 0.6) is 0 Å². The molecule has 0 aromatic rings. The van der Waals surface area contributed by atoms with Gasteiger partial charge < -0.3 is 45.1 Å². The maximum atomic E-state index is 13.1. The summed E-state index contributed by atoms with van der Waals surface area (Å²) in [5.74, 6) is -4.80. The fourth-order valence-corrected chi connectivity index (χ4v) is 6.77. The molecule has 21 heteroatoms. The zero-order valence-corrected chi connectivity index (χ0v) is 31.4. The molecule has 54 heavy (non-hydrogen) atoms. The van der Waals surface area contributed by atoms with Crippen molar-refractivity contribution in [2.75, 3.05) is 91.6 Å². The summed E-state index contributed by atoms with van der Waals surface area (Å²) in [5, 5.41) is 27.4. The largest absolute Gasteiger partial charge is 0.475 e. The zero-order chi connectivity index (χ0) is 39.4. The molecule has 302 valence electrons. The molecule has 4 fully saturated rings. The Morgan fingerprint density at radius 1 is 0.759 bits per heavy atom. The Kier molecular flexibility index (Phi) is 16.4. The van der Waals surface area contributed by atoms with Gasteiger partial charge in [0.1, 0.15) is 12.1 Å². The number of rotatable bonds is 12. The Hall–Kier alpha value is -3.89. The molecular formula is C33H55BN8O12. The number of carbonyl (C=O) groups excluding carboxylic acids is 7. The van der Waals surface area contributed by atoms with E-state index in [4.69, 9.17) is 14.2 Å². The molecule has 5 atom stereocenters. The van der Waals surface area contributed by atoms with Gasteiger partial charge >= 0.3 is 31.5 Å². The Labute approximate surface area is 315 Å². The quantitative estimate of drug-likeness (QED) is 0.0717. The minimum Gasteiger partial charge on any atom is -0.426 e. The molecule has 20 nitrogen and oxygen atoms in total. The van der Waals surface area contributed by atoms with Gasteiger partial charge in [-0.15, -0.1) is 0 Å². The summed E-state index contributed by atoms with van der Waals surface area (Å²) in [6.07, 6.45) is 1.40. The van der Waals surface area contributed by atoms with Gasteiger partial charge in [0.25, 0.3) is 0 Å². The average molecular weight is 767 g/mol. The fraction of sp³-hybridized carbons (Fsp3) is 0.788. The number of nitrogens with zero attached hydrogens (tertiary/aromatic N) is 5. The van der Waals surface area contributed by atoms with Crippen LogP contribution in [-0.2, 0) is 47.8 Å². The van der Waals surface area contributed by atoms with Crippen molar-refractivity contribution in [1.82, 2.24) is 40.4 Å². The van der Waals surface area contributed by atoms with E-state index < -0.39 is 67.2 Å². The van der Waals surface area contributed by atoms with Crippen molar-refractivity contribution in [2.45, 2.75) is 71.0 Å². The first-order valence-electron chi connectivity index (χ1n) is 18.7. The Balaban J connectivity index is 1.25. The highest BCUT2D eigenvalue weighted by Crippen LogP contribution is 2.19. The average Bonchev–Trinajstić information content (AvgIpc) is 3.58. The standard InChI is InChI=1S/C33H55BN8O12/c1-22(2)30(31(48)36-23(3)32(49)42-9-5-6-24(42)34(50)51)37-25(43)7-4-8-35-26(44)18-38-10-12-39-14-16-41-17-15-40(13-11-38)20-28(46)53-33(52-27(45)19-39)54-29(47)21-41/h22-24,30,33,50-51H,4-21H2,1-3H3,(H,35,44)(H,36,48)(H,37,43)/t23-,24+,30+/m1/s1. The van der Waals surface area contributed by atoms with Crippen molar-refractivity contribution in [2.24, 2.45) is 5.92 Å². The lowest BCUT2D eigenvalue weighted by Crippen LogP contribution is -2.56. The normalized spacial score (nSPS) is 26.8. The fourth-order valence-electron chi connectivity index (χ4n) is 6.77. The van der Waals surface area contributed by atoms with Gasteiger partial charge in [-0.05, 0) is 32.1 Å². The van der Waals surface area contributed by atoms with E-state index in [1.54, 1.807) is 13.8 Å². The summed E-state index contributed by atoms with van der Waals surface area (Å²) in [4.78, 5) is 98.7. The lowest BCUT2D eigenvalue weighted by molar-refractivity contribution is -0.258. The van der Waals surface area contributed by atoms with Crippen molar-refractivity contribution < 1.29 is 57.8 Å². The van der Waals surface area contributed by atoms with Gasteiger partial charge in [-0.2, -0.15) is 0 Å². The van der Waals surface area contributed by atoms with Crippen LogP contribution in [0.15, 0.2) is 0 Å². The van der Waals surface area contributed by atoms with Gasteiger partial charge in [0.15, 0.2) is 0 Å². The van der Waals surface area contributed by atoms with Crippen LogP contribution >= 0.6 is 0 Å². The highest BCUT2D eigenvalue weighted by atomic mass is 16.9. The Morgan fingerprint density at radius 3 is 1.78 bits per heavy atom. The number of likely N-dealkylation sites (tertiary alicyclic amines) is 1. The maximum Gasteiger partial charge on any atom is 0.475 e. The summed E-state index contributed by atoms with van der Waals surface area (Å²) in [6, 6.07) is -1.86. The zero-order valence-electron chi connectivity index (χ0n) is 31.4. The van der Waals surface area contributed by atoms with E-state index in [0.29, 0.717) is 78.2 Å². The highest BCUT2D eigenvalue weighted by Gasteiger charge is 2.39. The molecule has 2 unspecified atom stereocenters. The lowest BCUT2D eigenvalue weighted by Gasteiger charge is -2.33. The minimum atomic E-state index is -1.77. The lowest BCUT2D eigenvalue weighted by atomic mass is 9.78. The first-order chi connectivity index (χ1) is 25.7. The first kappa shape index (κ1) is 42.9. The van der Waals surface area contributed by atoms with Crippen molar-refractivity contribution in [3.63, 3.8) is 0 Å². The summed E-state index contributed by atoms with van der Waals surface area (Å²) >= 11 is 0. The van der Waals surface area contributed by atoms with Crippen LogP contribution in [0.25, 0.3) is 0 Å². The van der Waals surface area contributed by atoms with Gasteiger partial charge in [-0.1, -0.05) is 13.8 Å². The third kappa shape index (κ3) is 13.4. The molecule has 0 aromatic carbocycles. The van der Waals surface area contributed by atoms with Crippen LogP contribution < -0.4 is 16.0 Å². The molecule has 0 aromatic heterocycles. The number of hydrogen-bond acceptors (Lipinski definition) is 16. The van der Waals surface area contributed by atoms with E-state index >= 15 is 0 Å². The predicted molar refractivity (Wildman–Crippen MR) is 189 cm³/mol. The molecular weight excluding hydrogens is 711 g/mol. The van der Waals surface area contributed by atoms with Gasteiger partial charge in [0.2, 0.25) is 23.6 Å². The molecule has 4 aliphatic rings. The van der Waals surface area contributed by atoms with Crippen molar-refractivity contribution >= 4 is 48.7 Å². The Bertz CT molecular complexity index is 1320. The molecule has 0 radical (unpaired) electrons. The summed E-state index contributed by atoms with van der Waals surface area (Å²) in [6.45, 7) is 6.99. The number of fused-ring (bicyclic) bond motifs is 7. The number of esters is 3. The van der Waals surface area contributed by atoms with Gasteiger partial charge in [0, 0.05) is 71.9 Å². The summed E-state index contributed by atoms with van der Waals surface area (Å²) < 4.78 is 15.5. The monoisotopic (exact) mass is 766 g/mol. The molecule has 0 saturated carbocycles. The van der Waals surface area contributed by atoms with Crippen LogP contribution in [-0.4, -0.2) is 199 Å². The smallest absolute Gasteiger partial charge is 0.426 e. The highest BCUT2D eigenvalue weighted by molar-refractivity contribution is 6.43. The van der Waals surface area contributed by atoms with E-state index in [9.17, 15) is 43.6 Å².